The smallest absolute Gasteiger partial charge is 0.243 e. The van der Waals surface area contributed by atoms with E-state index in [4.69, 9.17) is 32.7 Å². The summed E-state index contributed by atoms with van der Waals surface area (Å²) in [5, 5.41) is 4.03. The van der Waals surface area contributed by atoms with Gasteiger partial charge in [-0.15, -0.1) is 0 Å². The zero-order chi connectivity index (χ0) is 30.0. The van der Waals surface area contributed by atoms with Gasteiger partial charge in [-0.1, -0.05) is 65.7 Å². The first-order valence-corrected chi connectivity index (χ1v) is 14.7. The fourth-order valence-electron chi connectivity index (χ4n) is 4.49. The molecular formula is C33H40Cl2N2O4. The Morgan fingerprint density at radius 2 is 1.56 bits per heavy atom. The molecule has 220 valence electrons. The summed E-state index contributed by atoms with van der Waals surface area (Å²) in [5.41, 5.74) is 2.13. The fourth-order valence-corrected chi connectivity index (χ4v) is 4.95. The Morgan fingerprint density at radius 1 is 0.878 bits per heavy atom. The Labute approximate surface area is 253 Å². The van der Waals surface area contributed by atoms with E-state index in [2.05, 4.69) is 5.32 Å². The number of benzene rings is 3. The third-order valence-electron chi connectivity index (χ3n) is 6.36. The number of carbonyl (C=O) groups is 2. The minimum absolute atomic E-state index is 0.159. The van der Waals surface area contributed by atoms with Crippen LogP contribution in [0.25, 0.3) is 0 Å². The van der Waals surface area contributed by atoms with Crippen LogP contribution in [0.15, 0.2) is 66.7 Å². The monoisotopic (exact) mass is 598 g/mol. The molecule has 0 bridgehead atoms. The van der Waals surface area contributed by atoms with Gasteiger partial charge in [0, 0.05) is 35.0 Å². The quantitative estimate of drug-likeness (QED) is 0.224. The Kier molecular flexibility index (Phi) is 11.9. The van der Waals surface area contributed by atoms with Crippen LogP contribution >= 0.6 is 23.2 Å². The Bertz CT molecular complexity index is 1310. The molecule has 0 spiro atoms. The Balaban J connectivity index is 1.95. The molecule has 8 heteroatoms. The van der Waals surface area contributed by atoms with Crippen LogP contribution in [0.3, 0.4) is 0 Å². The molecule has 1 N–H and O–H groups in total. The van der Waals surface area contributed by atoms with E-state index in [9.17, 15) is 9.59 Å². The van der Waals surface area contributed by atoms with Gasteiger partial charge in [0.05, 0.1) is 13.2 Å². The van der Waals surface area contributed by atoms with Gasteiger partial charge in [0.25, 0.3) is 0 Å². The molecule has 1 atom stereocenters. The molecule has 0 aromatic heterocycles. The average molecular weight is 600 g/mol. The van der Waals surface area contributed by atoms with E-state index >= 15 is 0 Å². The Hall–Kier alpha value is -3.22. The van der Waals surface area contributed by atoms with E-state index in [1.165, 1.54) is 0 Å². The van der Waals surface area contributed by atoms with Gasteiger partial charge in [-0.25, -0.2) is 0 Å². The summed E-state index contributed by atoms with van der Waals surface area (Å²) in [6, 6.07) is 19.9. The van der Waals surface area contributed by atoms with E-state index in [0.717, 1.165) is 11.1 Å². The topological polar surface area (TPSA) is 67.9 Å². The molecule has 3 aromatic carbocycles. The van der Waals surface area contributed by atoms with Crippen LogP contribution < -0.4 is 14.8 Å². The highest BCUT2D eigenvalue weighted by Gasteiger charge is 2.32. The van der Waals surface area contributed by atoms with Crippen LogP contribution in [0.1, 0.15) is 57.7 Å². The van der Waals surface area contributed by atoms with Crippen LogP contribution in [-0.4, -0.2) is 41.5 Å². The molecular weight excluding hydrogens is 559 g/mol. The van der Waals surface area contributed by atoms with Gasteiger partial charge in [-0.2, -0.15) is 0 Å². The number of hydrogen-bond acceptors (Lipinski definition) is 4. The van der Waals surface area contributed by atoms with Gasteiger partial charge in [0.1, 0.15) is 6.04 Å². The number of carbonyl (C=O) groups excluding carboxylic acids is 2. The van der Waals surface area contributed by atoms with Crippen LogP contribution in [0.4, 0.5) is 0 Å². The summed E-state index contributed by atoms with van der Waals surface area (Å²) in [6.45, 7) is 10.8. The fraction of sp³-hybridized carbons (Fsp3) is 0.394. The minimum Gasteiger partial charge on any atom is -0.490 e. The number of nitrogens with one attached hydrogen (secondary N) is 1. The van der Waals surface area contributed by atoms with Crippen molar-refractivity contribution in [3.8, 4) is 11.5 Å². The lowest BCUT2D eigenvalue weighted by atomic mass is 9.99. The summed E-state index contributed by atoms with van der Waals surface area (Å²) in [6.07, 6.45) is 1.02. The number of amides is 2. The molecule has 0 unspecified atom stereocenters. The molecule has 41 heavy (non-hydrogen) atoms. The molecule has 3 aromatic rings. The van der Waals surface area contributed by atoms with Crippen molar-refractivity contribution < 1.29 is 19.1 Å². The zero-order valence-electron chi connectivity index (χ0n) is 24.5. The van der Waals surface area contributed by atoms with Gasteiger partial charge in [0.2, 0.25) is 11.8 Å². The van der Waals surface area contributed by atoms with E-state index < -0.39 is 11.6 Å². The van der Waals surface area contributed by atoms with Crippen molar-refractivity contribution in [2.24, 2.45) is 0 Å². The first-order valence-electron chi connectivity index (χ1n) is 14.0. The van der Waals surface area contributed by atoms with Gasteiger partial charge in [0.15, 0.2) is 11.5 Å². The Morgan fingerprint density at radius 3 is 2.20 bits per heavy atom. The molecule has 6 nitrogen and oxygen atoms in total. The number of aryl methyl sites for hydroxylation is 1. The highest BCUT2D eigenvalue weighted by atomic mass is 35.5. The molecule has 2 amide bonds. The maximum Gasteiger partial charge on any atom is 0.243 e. The maximum absolute atomic E-state index is 14.0. The zero-order valence-corrected chi connectivity index (χ0v) is 26.0. The van der Waals surface area contributed by atoms with Crippen molar-refractivity contribution in [3.63, 3.8) is 0 Å². The molecule has 0 aliphatic heterocycles. The van der Waals surface area contributed by atoms with Crippen LogP contribution in [0.5, 0.6) is 11.5 Å². The van der Waals surface area contributed by atoms with E-state index in [1.807, 2.05) is 83.1 Å². The van der Waals surface area contributed by atoms with Crippen molar-refractivity contribution in [1.29, 1.82) is 0 Å². The van der Waals surface area contributed by atoms with Gasteiger partial charge >= 0.3 is 0 Å². The molecule has 0 saturated heterocycles. The third kappa shape index (κ3) is 9.98. The van der Waals surface area contributed by atoms with E-state index in [1.54, 1.807) is 23.1 Å². The number of halogens is 2. The molecule has 0 radical (unpaired) electrons. The largest absolute Gasteiger partial charge is 0.490 e. The van der Waals surface area contributed by atoms with Crippen molar-refractivity contribution in [1.82, 2.24) is 10.2 Å². The predicted molar refractivity (Wildman–Crippen MR) is 166 cm³/mol. The summed E-state index contributed by atoms with van der Waals surface area (Å²) in [7, 11) is 0. The summed E-state index contributed by atoms with van der Waals surface area (Å²) < 4.78 is 11.5. The van der Waals surface area contributed by atoms with Gasteiger partial charge < -0.3 is 19.7 Å². The SMILES string of the molecule is CCOc1ccc(CCC(=O)N(Cc2ccc(Cl)cc2Cl)[C@@H](Cc2ccccc2)C(=O)NC(C)(C)C)cc1OCC. The molecule has 0 heterocycles. The second-order valence-corrected chi connectivity index (χ2v) is 11.7. The first kappa shape index (κ1) is 32.3. The minimum atomic E-state index is -0.754. The normalized spacial score (nSPS) is 12.0. The molecule has 0 saturated carbocycles. The van der Waals surface area contributed by atoms with Gasteiger partial charge in [-0.3, -0.25) is 9.59 Å². The third-order valence-corrected chi connectivity index (χ3v) is 6.95. The highest BCUT2D eigenvalue weighted by Crippen LogP contribution is 2.30. The van der Waals surface area contributed by atoms with Crippen molar-refractivity contribution in [2.45, 2.75) is 72.0 Å². The first-order chi connectivity index (χ1) is 19.5. The van der Waals surface area contributed by atoms with Gasteiger partial charge in [-0.05, 0) is 82.0 Å². The van der Waals surface area contributed by atoms with Crippen LogP contribution in [-0.2, 0) is 29.0 Å². The number of ether oxygens (including phenoxy) is 2. The molecule has 0 aliphatic rings. The number of hydrogen-bond donors (Lipinski definition) is 1. The molecule has 0 aliphatic carbocycles. The van der Waals surface area contributed by atoms with E-state index in [0.29, 0.717) is 53.2 Å². The molecule has 0 fully saturated rings. The highest BCUT2D eigenvalue weighted by molar-refractivity contribution is 6.35. The average Bonchev–Trinajstić information content (AvgIpc) is 2.91. The summed E-state index contributed by atoms with van der Waals surface area (Å²) in [5.74, 6) is 0.938. The lowest BCUT2D eigenvalue weighted by Gasteiger charge is -2.34. The number of rotatable bonds is 13. The maximum atomic E-state index is 14.0. The van der Waals surface area contributed by atoms with Crippen molar-refractivity contribution in [3.05, 3.63) is 93.5 Å². The predicted octanol–water partition coefficient (Wildman–Crippen LogP) is 7.28. The molecule has 3 rings (SSSR count). The number of nitrogens with zero attached hydrogens (tertiary/aromatic N) is 1. The summed E-state index contributed by atoms with van der Waals surface area (Å²) >= 11 is 12.7. The standard InChI is InChI=1S/C33H40Cl2N2O4/c1-6-40-29-17-13-24(20-30(29)41-7-2)14-18-31(38)37(22-25-15-16-26(34)21-27(25)35)28(32(39)36-33(3,4)5)19-23-11-9-8-10-12-23/h8-13,15-17,20-21,28H,6-7,14,18-19,22H2,1-5H3,(H,36,39)/t28-/m0/s1. The second kappa shape index (κ2) is 15.1. The second-order valence-electron chi connectivity index (χ2n) is 10.8. The van der Waals surface area contributed by atoms with Crippen LogP contribution in [0.2, 0.25) is 10.0 Å². The van der Waals surface area contributed by atoms with Crippen molar-refractivity contribution in [2.75, 3.05) is 13.2 Å². The summed E-state index contributed by atoms with van der Waals surface area (Å²) in [4.78, 5) is 29.4. The van der Waals surface area contributed by atoms with E-state index in [-0.39, 0.29) is 24.8 Å². The van der Waals surface area contributed by atoms with Crippen LogP contribution in [0, 0.1) is 0 Å². The lowest BCUT2D eigenvalue weighted by Crippen LogP contribution is -2.54. The van der Waals surface area contributed by atoms with Crippen molar-refractivity contribution >= 4 is 35.0 Å². The lowest BCUT2D eigenvalue weighted by molar-refractivity contribution is -0.141.